The molecule has 0 amide bonds. The Balaban J connectivity index is 1.39. The van der Waals surface area contributed by atoms with Crippen LogP contribution in [0, 0.1) is 5.82 Å². The van der Waals surface area contributed by atoms with E-state index in [2.05, 4.69) is 19.7 Å². The maximum absolute atomic E-state index is 14.7. The van der Waals surface area contributed by atoms with Gasteiger partial charge in [-0.2, -0.15) is 13.2 Å². The molecule has 0 aliphatic carbocycles. The zero-order chi connectivity index (χ0) is 26.2. The molecule has 6 nitrogen and oxygen atoms in total. The molecule has 2 aliphatic rings. The summed E-state index contributed by atoms with van der Waals surface area (Å²) in [6.45, 7) is 3.68. The third-order valence-corrected chi connectivity index (χ3v) is 7.34. The fraction of sp³-hybridized carbons (Fsp3) is 0.462. The maximum atomic E-state index is 14.7. The molecule has 3 aromatic rings. The third-order valence-electron chi connectivity index (χ3n) is 7.10. The molecule has 0 atom stereocenters. The van der Waals surface area contributed by atoms with Crippen molar-refractivity contribution >= 4 is 17.3 Å². The summed E-state index contributed by atoms with van der Waals surface area (Å²) in [6.07, 6.45) is -2.61. The van der Waals surface area contributed by atoms with E-state index in [1.807, 2.05) is 18.2 Å². The van der Waals surface area contributed by atoms with E-state index in [-0.39, 0.29) is 11.6 Å². The predicted octanol–water partition coefficient (Wildman–Crippen LogP) is 5.81. The summed E-state index contributed by atoms with van der Waals surface area (Å²) < 4.78 is 61.7. The van der Waals surface area contributed by atoms with Gasteiger partial charge < -0.3 is 9.64 Å². The summed E-state index contributed by atoms with van der Waals surface area (Å²) in [4.78, 5) is 3.98. The number of anilines is 1. The molecular formula is C26H28ClF4N5O. The molecular weight excluding hydrogens is 510 g/mol. The number of fused-ring (bicyclic) bond motifs is 3. The number of piperidine rings is 1. The Hall–Kier alpha value is -2.69. The van der Waals surface area contributed by atoms with Crippen LogP contribution in [0.15, 0.2) is 36.4 Å². The molecule has 11 heteroatoms. The molecule has 5 rings (SSSR count). The Labute approximate surface area is 217 Å². The van der Waals surface area contributed by atoms with Crippen LogP contribution in [0.3, 0.4) is 0 Å². The molecule has 3 heterocycles. The molecule has 0 saturated carbocycles. The molecule has 198 valence electrons. The number of ether oxygens (including phenoxy) is 1. The van der Waals surface area contributed by atoms with Crippen LogP contribution < -0.4 is 4.90 Å². The van der Waals surface area contributed by atoms with Gasteiger partial charge in [0.15, 0.2) is 11.6 Å². The van der Waals surface area contributed by atoms with Crippen LogP contribution >= 0.6 is 11.6 Å². The Morgan fingerprint density at radius 3 is 2.57 bits per heavy atom. The number of aromatic nitrogens is 3. The smallest absolute Gasteiger partial charge is 0.385 e. The van der Waals surface area contributed by atoms with E-state index in [1.165, 1.54) is 12.1 Å². The average molecular weight is 538 g/mol. The van der Waals surface area contributed by atoms with Gasteiger partial charge in [-0.15, -0.1) is 10.2 Å². The Kier molecular flexibility index (Phi) is 7.42. The van der Waals surface area contributed by atoms with Crippen molar-refractivity contribution in [2.75, 3.05) is 38.3 Å². The SMILES string of the molecule is COCCCN1Cc2cc(Cl)ccc2-n2c(nnc2C2CCN(c3cccc(C(F)(F)F)c3F)CC2)C1. The van der Waals surface area contributed by atoms with Crippen LogP contribution in [-0.4, -0.2) is 53.0 Å². The number of benzene rings is 2. The van der Waals surface area contributed by atoms with Crippen molar-refractivity contribution in [3.05, 3.63) is 70.0 Å². The van der Waals surface area contributed by atoms with Crippen LogP contribution in [0.4, 0.5) is 23.2 Å². The highest BCUT2D eigenvalue weighted by atomic mass is 35.5. The molecule has 0 radical (unpaired) electrons. The fourth-order valence-corrected chi connectivity index (χ4v) is 5.50. The van der Waals surface area contributed by atoms with E-state index >= 15 is 0 Å². The minimum Gasteiger partial charge on any atom is -0.385 e. The summed E-state index contributed by atoms with van der Waals surface area (Å²) in [5, 5.41) is 9.75. The van der Waals surface area contributed by atoms with Gasteiger partial charge >= 0.3 is 6.18 Å². The van der Waals surface area contributed by atoms with Gasteiger partial charge in [0, 0.05) is 50.8 Å². The summed E-state index contributed by atoms with van der Waals surface area (Å²) in [5.41, 5.74) is 0.813. The van der Waals surface area contributed by atoms with E-state index in [4.69, 9.17) is 16.3 Å². The van der Waals surface area contributed by atoms with Gasteiger partial charge in [-0.3, -0.25) is 9.47 Å². The Morgan fingerprint density at radius 2 is 1.84 bits per heavy atom. The molecule has 0 N–H and O–H groups in total. The minimum atomic E-state index is -4.73. The highest BCUT2D eigenvalue weighted by Gasteiger charge is 2.36. The Morgan fingerprint density at radius 1 is 1.05 bits per heavy atom. The monoisotopic (exact) mass is 537 g/mol. The van der Waals surface area contributed by atoms with E-state index in [0.717, 1.165) is 48.5 Å². The highest BCUT2D eigenvalue weighted by Crippen LogP contribution is 2.38. The van der Waals surface area contributed by atoms with Crippen molar-refractivity contribution < 1.29 is 22.3 Å². The molecule has 2 aromatic carbocycles. The van der Waals surface area contributed by atoms with Crippen molar-refractivity contribution in [2.45, 2.75) is 44.4 Å². The lowest BCUT2D eigenvalue weighted by Gasteiger charge is -2.34. The summed E-state index contributed by atoms with van der Waals surface area (Å²) in [6, 6.07) is 9.25. The van der Waals surface area contributed by atoms with Gasteiger partial charge in [-0.25, -0.2) is 4.39 Å². The number of nitrogens with zero attached hydrogens (tertiary/aromatic N) is 5. The lowest BCUT2D eigenvalue weighted by molar-refractivity contribution is -0.139. The lowest BCUT2D eigenvalue weighted by atomic mass is 9.95. The molecule has 2 aliphatic heterocycles. The first kappa shape index (κ1) is 25.9. The van der Waals surface area contributed by atoms with Gasteiger partial charge in [-0.1, -0.05) is 17.7 Å². The molecule has 0 spiro atoms. The zero-order valence-electron chi connectivity index (χ0n) is 20.4. The van der Waals surface area contributed by atoms with Crippen LogP contribution in [0.2, 0.25) is 5.02 Å². The van der Waals surface area contributed by atoms with Crippen molar-refractivity contribution in [3.8, 4) is 5.69 Å². The summed E-state index contributed by atoms with van der Waals surface area (Å²) in [7, 11) is 1.69. The van der Waals surface area contributed by atoms with Gasteiger partial charge in [0.1, 0.15) is 5.82 Å². The molecule has 0 unspecified atom stereocenters. The van der Waals surface area contributed by atoms with Crippen molar-refractivity contribution in [3.63, 3.8) is 0 Å². The number of rotatable bonds is 6. The molecule has 1 aromatic heterocycles. The van der Waals surface area contributed by atoms with Crippen LogP contribution in [0.25, 0.3) is 5.69 Å². The lowest BCUT2D eigenvalue weighted by Crippen LogP contribution is -2.34. The number of halogens is 5. The third kappa shape index (κ3) is 5.32. The number of methoxy groups -OCH3 is 1. The van der Waals surface area contributed by atoms with Crippen LogP contribution in [0.1, 0.15) is 48.0 Å². The van der Waals surface area contributed by atoms with Crippen molar-refractivity contribution in [1.82, 2.24) is 19.7 Å². The average Bonchev–Trinajstić information content (AvgIpc) is 3.20. The number of alkyl halides is 3. The van der Waals surface area contributed by atoms with Crippen molar-refractivity contribution in [2.24, 2.45) is 0 Å². The first-order chi connectivity index (χ1) is 17.8. The maximum Gasteiger partial charge on any atom is 0.419 e. The van der Waals surface area contributed by atoms with E-state index < -0.39 is 17.6 Å². The van der Waals surface area contributed by atoms with Gasteiger partial charge in [0.2, 0.25) is 0 Å². The predicted molar refractivity (Wildman–Crippen MR) is 133 cm³/mol. The topological polar surface area (TPSA) is 46.4 Å². The van der Waals surface area contributed by atoms with Gasteiger partial charge in [0.05, 0.1) is 23.5 Å². The van der Waals surface area contributed by atoms with E-state index in [9.17, 15) is 17.6 Å². The first-order valence-corrected chi connectivity index (χ1v) is 12.7. The minimum absolute atomic E-state index is 0.0139. The molecule has 1 saturated heterocycles. The normalized spacial score (nSPS) is 17.0. The molecule has 0 bridgehead atoms. The second kappa shape index (κ2) is 10.6. The quantitative estimate of drug-likeness (QED) is 0.293. The fourth-order valence-electron chi connectivity index (χ4n) is 5.31. The Bertz CT molecular complexity index is 1260. The number of hydrogen-bond acceptors (Lipinski definition) is 5. The second-order valence-corrected chi connectivity index (χ2v) is 9.97. The van der Waals surface area contributed by atoms with E-state index in [1.54, 1.807) is 12.0 Å². The van der Waals surface area contributed by atoms with Gasteiger partial charge in [-0.05, 0) is 55.2 Å². The molecule has 37 heavy (non-hydrogen) atoms. The summed E-state index contributed by atoms with van der Waals surface area (Å²) in [5.74, 6) is 0.473. The standard InChI is InChI=1S/C26H28ClF4N5O/c1-37-13-3-10-34-15-18-14-19(27)6-7-21(18)36-23(16-34)32-33-25(36)17-8-11-35(12-9-17)22-5-2-4-20(24(22)28)26(29,30)31/h2,4-7,14,17H,3,8-13,15-16H2,1H3. The second-order valence-electron chi connectivity index (χ2n) is 9.54. The first-order valence-electron chi connectivity index (χ1n) is 12.3. The van der Waals surface area contributed by atoms with Crippen LogP contribution in [-0.2, 0) is 24.0 Å². The van der Waals surface area contributed by atoms with Gasteiger partial charge in [0.25, 0.3) is 0 Å². The van der Waals surface area contributed by atoms with Crippen molar-refractivity contribution in [1.29, 1.82) is 0 Å². The van der Waals surface area contributed by atoms with Crippen LogP contribution in [0.5, 0.6) is 0 Å². The van der Waals surface area contributed by atoms with E-state index in [0.29, 0.717) is 44.1 Å². The summed E-state index contributed by atoms with van der Waals surface area (Å²) >= 11 is 6.33. The molecule has 1 fully saturated rings. The zero-order valence-corrected chi connectivity index (χ0v) is 21.2. The largest absolute Gasteiger partial charge is 0.419 e. The number of hydrogen-bond donors (Lipinski definition) is 0. The highest BCUT2D eigenvalue weighted by molar-refractivity contribution is 6.30.